The molecule has 1 aromatic carbocycles. The van der Waals surface area contributed by atoms with E-state index >= 15 is 0 Å². The molecule has 4 aromatic rings. The van der Waals surface area contributed by atoms with Gasteiger partial charge < -0.3 is 18.8 Å². The van der Waals surface area contributed by atoms with Crippen LogP contribution in [0.3, 0.4) is 0 Å². The number of benzene rings is 1. The summed E-state index contributed by atoms with van der Waals surface area (Å²) in [5.74, 6) is 0.988. The van der Waals surface area contributed by atoms with E-state index in [4.69, 9.17) is 4.42 Å². The van der Waals surface area contributed by atoms with Crippen LogP contribution in [0.2, 0.25) is 0 Å². The van der Waals surface area contributed by atoms with Crippen LogP contribution in [0.25, 0.3) is 11.0 Å². The molecule has 0 radical (unpaired) electrons. The molecule has 250 valence electrons. The number of fused-ring (bicyclic) bond motifs is 2. The van der Waals surface area contributed by atoms with Gasteiger partial charge in [0.2, 0.25) is 11.8 Å². The highest BCUT2D eigenvalue weighted by Crippen LogP contribution is 2.46. The number of aromatic nitrogens is 2. The van der Waals surface area contributed by atoms with E-state index in [1.54, 1.807) is 36.9 Å². The minimum absolute atomic E-state index is 0. The lowest BCUT2D eigenvalue weighted by Gasteiger charge is -2.29. The van der Waals surface area contributed by atoms with E-state index in [0.717, 1.165) is 59.6 Å². The molecular weight excluding hydrogens is 637 g/mol. The lowest BCUT2D eigenvalue weighted by atomic mass is 9.90. The molecule has 7 rings (SSSR count). The van der Waals surface area contributed by atoms with Crippen LogP contribution >= 0.6 is 24.8 Å². The predicted octanol–water partition coefficient (Wildman–Crippen LogP) is 6.43. The first-order valence-electron chi connectivity index (χ1n) is 16.1. The third-order valence-electron chi connectivity index (χ3n) is 9.53. The Morgan fingerprint density at radius 2 is 1.70 bits per heavy atom. The molecule has 0 unspecified atom stereocenters. The molecule has 47 heavy (non-hydrogen) atoms. The smallest absolute Gasteiger partial charge is 0.261 e. The van der Waals surface area contributed by atoms with Crippen molar-refractivity contribution in [2.45, 2.75) is 79.1 Å². The Kier molecular flexibility index (Phi) is 9.92. The van der Waals surface area contributed by atoms with Crippen molar-refractivity contribution in [3.63, 3.8) is 0 Å². The Labute approximate surface area is 287 Å². The molecule has 4 heterocycles. The molecule has 9 nitrogen and oxygen atoms in total. The number of hydrogen-bond donors (Lipinski definition) is 0. The molecule has 2 fully saturated rings. The Balaban J connectivity index is 0.00000217. The molecule has 0 spiro atoms. The summed E-state index contributed by atoms with van der Waals surface area (Å²) in [6.07, 6.45) is 7.74. The number of furan rings is 1. The molecule has 3 aliphatic rings. The second-order valence-corrected chi connectivity index (χ2v) is 13.6. The summed E-state index contributed by atoms with van der Waals surface area (Å²) in [5.41, 5.74) is 4.25. The van der Waals surface area contributed by atoms with Crippen molar-refractivity contribution in [1.29, 1.82) is 0 Å². The summed E-state index contributed by atoms with van der Waals surface area (Å²) in [5, 5.41) is 0.591. The third-order valence-corrected chi connectivity index (χ3v) is 9.53. The van der Waals surface area contributed by atoms with Crippen LogP contribution in [-0.2, 0) is 29.2 Å². The first kappa shape index (κ1) is 34.7. The largest absolute Gasteiger partial charge is 0.461 e. The van der Waals surface area contributed by atoms with Gasteiger partial charge in [0.1, 0.15) is 16.8 Å². The number of carbonyl (C=O) groups is 2. The van der Waals surface area contributed by atoms with E-state index in [1.807, 2.05) is 41.8 Å². The normalized spacial score (nSPS) is 17.4. The fraction of sp³-hybridized carbons (Fsp3) is 0.444. The van der Waals surface area contributed by atoms with Crippen molar-refractivity contribution >= 4 is 59.0 Å². The van der Waals surface area contributed by atoms with Crippen LogP contribution < -0.4 is 15.4 Å². The summed E-state index contributed by atoms with van der Waals surface area (Å²) >= 11 is 0. The highest BCUT2D eigenvalue weighted by atomic mass is 35.5. The molecule has 2 amide bonds. The van der Waals surface area contributed by atoms with Crippen molar-refractivity contribution in [1.82, 2.24) is 14.5 Å². The van der Waals surface area contributed by atoms with Crippen LogP contribution in [0.4, 0.5) is 11.4 Å². The number of pyridine rings is 2. The van der Waals surface area contributed by atoms with Gasteiger partial charge in [0.15, 0.2) is 0 Å². The van der Waals surface area contributed by atoms with Crippen LogP contribution in [-0.4, -0.2) is 45.4 Å². The Bertz CT molecular complexity index is 1860. The highest BCUT2D eigenvalue weighted by molar-refractivity contribution is 6.20. The van der Waals surface area contributed by atoms with Crippen molar-refractivity contribution in [2.75, 3.05) is 22.9 Å². The zero-order valence-corrected chi connectivity index (χ0v) is 29.0. The summed E-state index contributed by atoms with van der Waals surface area (Å²) in [4.78, 5) is 51.7. The lowest BCUT2D eigenvalue weighted by molar-refractivity contribution is -0.137. The molecule has 0 bridgehead atoms. The van der Waals surface area contributed by atoms with Crippen molar-refractivity contribution < 1.29 is 14.0 Å². The van der Waals surface area contributed by atoms with Gasteiger partial charge in [-0.15, -0.1) is 24.8 Å². The minimum atomic E-state index is -1.12. The van der Waals surface area contributed by atoms with E-state index in [1.165, 1.54) is 0 Å². The highest BCUT2D eigenvalue weighted by Gasteiger charge is 2.50. The van der Waals surface area contributed by atoms with Crippen molar-refractivity contribution in [3.8, 4) is 0 Å². The summed E-state index contributed by atoms with van der Waals surface area (Å²) in [7, 11) is 0. The molecule has 1 aliphatic heterocycles. The number of nitrogens with zero attached hydrogens (tertiary/aromatic N) is 5. The van der Waals surface area contributed by atoms with Gasteiger partial charge >= 0.3 is 0 Å². The van der Waals surface area contributed by atoms with Crippen molar-refractivity contribution in [3.05, 3.63) is 87.8 Å². The number of hydrogen-bond acceptors (Lipinski definition) is 6. The monoisotopic (exact) mass is 679 g/mol. The number of rotatable bonds is 10. The first-order chi connectivity index (χ1) is 21.6. The maximum atomic E-state index is 14.0. The molecule has 0 saturated heterocycles. The fourth-order valence-electron chi connectivity index (χ4n) is 6.50. The quantitative estimate of drug-likeness (QED) is 0.179. The van der Waals surface area contributed by atoms with E-state index in [0.29, 0.717) is 49.6 Å². The number of amides is 2. The third kappa shape index (κ3) is 6.84. The topological polar surface area (TPSA) is 91.9 Å². The van der Waals surface area contributed by atoms with Gasteiger partial charge in [0.05, 0.1) is 16.8 Å². The van der Waals surface area contributed by atoms with Gasteiger partial charge in [0, 0.05) is 56.9 Å². The van der Waals surface area contributed by atoms with E-state index in [-0.39, 0.29) is 48.2 Å². The molecule has 2 saturated carbocycles. The summed E-state index contributed by atoms with van der Waals surface area (Å²) < 4.78 is 7.41. The van der Waals surface area contributed by atoms with E-state index < -0.39 is 5.41 Å². The molecule has 0 N–H and O–H groups in total. The van der Waals surface area contributed by atoms with E-state index in [2.05, 4.69) is 28.1 Å². The zero-order chi connectivity index (χ0) is 31.5. The summed E-state index contributed by atoms with van der Waals surface area (Å²) in [6, 6.07) is 14.1. The van der Waals surface area contributed by atoms with Gasteiger partial charge in [-0.3, -0.25) is 24.3 Å². The number of aryl methyl sites for hydroxylation is 2. The van der Waals surface area contributed by atoms with E-state index in [9.17, 15) is 14.4 Å². The van der Waals surface area contributed by atoms with Gasteiger partial charge in [-0.05, 0) is 101 Å². The van der Waals surface area contributed by atoms with Gasteiger partial charge in [0.25, 0.3) is 5.56 Å². The SMILES string of the molecule is Cc1cc2c(=O)n(CCN(Cc3ccc4c(c3)N(C3CC3)C(=O)C(C)(C)C(=O)N4CC3CC3)Cc3cccnc3C)ccc2o1.Cl.Cl. The maximum Gasteiger partial charge on any atom is 0.261 e. The zero-order valence-electron chi connectivity index (χ0n) is 27.4. The number of carbonyl (C=O) groups excluding carboxylic acids is 2. The predicted molar refractivity (Wildman–Crippen MR) is 189 cm³/mol. The molecule has 11 heteroatoms. The van der Waals surface area contributed by atoms with Crippen LogP contribution in [0, 0.1) is 25.2 Å². The van der Waals surface area contributed by atoms with Crippen LogP contribution in [0.5, 0.6) is 0 Å². The van der Waals surface area contributed by atoms with Gasteiger partial charge in [-0.2, -0.15) is 0 Å². The fourth-order valence-corrected chi connectivity index (χ4v) is 6.50. The van der Waals surface area contributed by atoms with Crippen LogP contribution in [0.15, 0.2) is 64.1 Å². The first-order valence-corrected chi connectivity index (χ1v) is 16.1. The number of anilines is 2. The molecular formula is C36H43Cl2N5O4. The average molecular weight is 681 g/mol. The van der Waals surface area contributed by atoms with Gasteiger partial charge in [-0.1, -0.05) is 12.1 Å². The van der Waals surface area contributed by atoms with Crippen LogP contribution in [0.1, 0.15) is 62.1 Å². The summed E-state index contributed by atoms with van der Waals surface area (Å²) in [6.45, 7) is 10.5. The Morgan fingerprint density at radius 1 is 0.936 bits per heavy atom. The average Bonchev–Trinajstić information content (AvgIpc) is 3.95. The number of halogens is 2. The molecule has 0 atom stereocenters. The van der Waals surface area contributed by atoms with Gasteiger partial charge in [-0.25, -0.2) is 0 Å². The molecule has 3 aromatic heterocycles. The molecule has 2 aliphatic carbocycles. The second-order valence-electron chi connectivity index (χ2n) is 13.6. The second kappa shape index (κ2) is 13.5. The Hall–Kier alpha value is -3.66. The minimum Gasteiger partial charge on any atom is -0.461 e. The maximum absolute atomic E-state index is 14.0. The standard InChI is InChI=1S/C36H41N5O4.2ClH/c1-23-18-29-32(45-23)13-15-39(33(29)42)17-16-38(22-27-6-5-14-37-24(27)2)20-26-9-12-30-31(19-26)41(28-10-11-28)35(44)36(3,4)34(43)40(30)21-25-7-8-25;;/h5-6,9,12-15,18-19,25,28H,7-8,10-11,16-17,20-22H2,1-4H3;2*1H. The Morgan fingerprint density at radius 3 is 2.40 bits per heavy atom. The lowest BCUT2D eigenvalue weighted by Crippen LogP contribution is -2.49. The van der Waals surface area contributed by atoms with Crippen molar-refractivity contribution in [2.24, 2.45) is 11.3 Å².